The number of anilines is 2. The molecule has 0 aliphatic carbocycles. The van der Waals surface area contributed by atoms with Gasteiger partial charge in [0.2, 0.25) is 0 Å². The maximum atomic E-state index is 12.6. The minimum atomic E-state index is -3.72. The molecule has 2 aromatic rings. The molecule has 0 heterocycles. The van der Waals surface area contributed by atoms with E-state index in [1.807, 2.05) is 0 Å². The van der Waals surface area contributed by atoms with Gasteiger partial charge in [0.05, 0.1) is 17.7 Å². The molecule has 0 amide bonds. The molecular formula is C18H23N3O3S2. The Balaban J connectivity index is 2.08. The third kappa shape index (κ3) is 5.60. The van der Waals surface area contributed by atoms with Gasteiger partial charge in [0.25, 0.3) is 10.0 Å². The van der Waals surface area contributed by atoms with Crippen LogP contribution < -0.4 is 20.1 Å². The average Bonchev–Trinajstić information content (AvgIpc) is 2.60. The molecule has 0 radical (unpaired) electrons. The van der Waals surface area contributed by atoms with Crippen molar-refractivity contribution in [2.75, 3.05) is 23.7 Å². The SMILES string of the molecule is COc1ccccc1NS(=O)(=O)c1ccc(NC(=S)NCC(C)C)cc1. The number of ether oxygens (including phenoxy) is 1. The topological polar surface area (TPSA) is 79.5 Å². The first-order valence-corrected chi connectivity index (χ1v) is 10.0. The van der Waals surface area contributed by atoms with Crippen LogP contribution in [0.25, 0.3) is 0 Å². The number of para-hydroxylation sites is 2. The van der Waals surface area contributed by atoms with Crippen molar-refractivity contribution in [2.45, 2.75) is 18.7 Å². The third-order valence-electron chi connectivity index (χ3n) is 3.44. The Bertz CT molecular complexity index is 850. The van der Waals surface area contributed by atoms with Crippen LogP contribution in [0.1, 0.15) is 13.8 Å². The molecule has 2 aromatic carbocycles. The summed E-state index contributed by atoms with van der Waals surface area (Å²) in [4.78, 5) is 0.148. The lowest BCUT2D eigenvalue weighted by Crippen LogP contribution is -2.31. The summed E-state index contributed by atoms with van der Waals surface area (Å²) in [6.45, 7) is 4.94. The minimum Gasteiger partial charge on any atom is -0.495 e. The van der Waals surface area contributed by atoms with Gasteiger partial charge < -0.3 is 15.4 Å². The van der Waals surface area contributed by atoms with E-state index in [9.17, 15) is 8.42 Å². The van der Waals surface area contributed by atoms with E-state index in [0.29, 0.717) is 28.2 Å². The van der Waals surface area contributed by atoms with E-state index in [1.165, 1.54) is 19.2 Å². The van der Waals surface area contributed by atoms with E-state index in [-0.39, 0.29) is 4.90 Å². The summed E-state index contributed by atoms with van der Waals surface area (Å²) >= 11 is 5.21. The molecule has 6 nitrogen and oxygen atoms in total. The van der Waals surface area contributed by atoms with E-state index >= 15 is 0 Å². The maximum absolute atomic E-state index is 12.6. The molecular weight excluding hydrogens is 370 g/mol. The summed E-state index contributed by atoms with van der Waals surface area (Å²) in [5, 5.41) is 6.63. The van der Waals surface area contributed by atoms with Gasteiger partial charge in [-0.1, -0.05) is 26.0 Å². The monoisotopic (exact) mass is 393 g/mol. The molecule has 0 aliphatic rings. The van der Waals surface area contributed by atoms with Crippen molar-refractivity contribution in [1.29, 1.82) is 0 Å². The lowest BCUT2D eigenvalue weighted by atomic mass is 10.2. The fraction of sp³-hybridized carbons (Fsp3) is 0.278. The Hall–Kier alpha value is -2.32. The molecule has 0 unspecified atom stereocenters. The maximum Gasteiger partial charge on any atom is 0.262 e. The normalized spacial score (nSPS) is 11.1. The van der Waals surface area contributed by atoms with Gasteiger partial charge in [-0.2, -0.15) is 0 Å². The molecule has 26 heavy (non-hydrogen) atoms. The minimum absolute atomic E-state index is 0.148. The number of hydrogen-bond acceptors (Lipinski definition) is 4. The van der Waals surface area contributed by atoms with E-state index < -0.39 is 10.0 Å². The number of hydrogen-bond donors (Lipinski definition) is 3. The lowest BCUT2D eigenvalue weighted by Gasteiger charge is -2.13. The van der Waals surface area contributed by atoms with Crippen molar-refractivity contribution >= 4 is 38.7 Å². The number of sulfonamides is 1. The fourth-order valence-corrected chi connectivity index (χ4v) is 3.39. The summed E-state index contributed by atoms with van der Waals surface area (Å²) in [7, 11) is -2.23. The van der Waals surface area contributed by atoms with Crippen LogP contribution in [-0.2, 0) is 10.0 Å². The first-order valence-electron chi connectivity index (χ1n) is 8.12. The largest absolute Gasteiger partial charge is 0.495 e. The van der Waals surface area contributed by atoms with Crippen LogP contribution in [0, 0.1) is 5.92 Å². The highest BCUT2D eigenvalue weighted by atomic mass is 32.2. The van der Waals surface area contributed by atoms with Gasteiger partial charge in [-0.05, 0) is 54.5 Å². The first-order chi connectivity index (χ1) is 12.3. The third-order valence-corrected chi connectivity index (χ3v) is 5.07. The summed E-state index contributed by atoms with van der Waals surface area (Å²) < 4.78 is 32.8. The summed E-state index contributed by atoms with van der Waals surface area (Å²) in [5.74, 6) is 0.930. The molecule has 0 aliphatic heterocycles. The van der Waals surface area contributed by atoms with Gasteiger partial charge in [-0.3, -0.25) is 4.72 Å². The van der Waals surface area contributed by atoms with Crippen LogP contribution in [0.3, 0.4) is 0 Å². The Labute approximate surface area is 160 Å². The van der Waals surface area contributed by atoms with Crippen molar-refractivity contribution in [3.05, 3.63) is 48.5 Å². The Morgan fingerprint density at radius 3 is 2.38 bits per heavy atom. The summed E-state index contributed by atoms with van der Waals surface area (Å²) in [5.41, 5.74) is 1.10. The Kier molecular flexibility index (Phi) is 6.82. The number of benzene rings is 2. The van der Waals surface area contributed by atoms with Gasteiger partial charge in [0.15, 0.2) is 5.11 Å². The predicted octanol–water partition coefficient (Wildman–Crippen LogP) is 3.44. The highest BCUT2D eigenvalue weighted by Crippen LogP contribution is 2.26. The van der Waals surface area contributed by atoms with Crippen molar-refractivity contribution in [1.82, 2.24) is 5.32 Å². The molecule has 0 bridgehead atoms. The van der Waals surface area contributed by atoms with Crippen LogP contribution in [0.4, 0.5) is 11.4 Å². The van der Waals surface area contributed by atoms with Gasteiger partial charge >= 0.3 is 0 Å². The number of nitrogens with one attached hydrogen (secondary N) is 3. The zero-order valence-corrected chi connectivity index (χ0v) is 16.6. The summed E-state index contributed by atoms with van der Waals surface area (Å²) in [6, 6.07) is 13.2. The van der Waals surface area contributed by atoms with Gasteiger partial charge in [-0.25, -0.2) is 8.42 Å². The van der Waals surface area contributed by atoms with Crippen LogP contribution in [0.2, 0.25) is 0 Å². The summed E-state index contributed by atoms with van der Waals surface area (Å²) in [6.07, 6.45) is 0. The van der Waals surface area contributed by atoms with E-state index in [2.05, 4.69) is 29.2 Å². The second-order valence-electron chi connectivity index (χ2n) is 6.06. The van der Waals surface area contributed by atoms with Crippen LogP contribution in [0.5, 0.6) is 5.75 Å². The van der Waals surface area contributed by atoms with Crippen LogP contribution >= 0.6 is 12.2 Å². The zero-order valence-electron chi connectivity index (χ0n) is 14.9. The zero-order chi connectivity index (χ0) is 19.2. The second-order valence-corrected chi connectivity index (χ2v) is 8.15. The molecule has 0 spiro atoms. The highest BCUT2D eigenvalue weighted by molar-refractivity contribution is 7.92. The predicted molar refractivity (Wildman–Crippen MR) is 109 cm³/mol. The van der Waals surface area contributed by atoms with Crippen molar-refractivity contribution in [3.8, 4) is 5.75 Å². The molecule has 0 fully saturated rings. The molecule has 0 saturated heterocycles. The van der Waals surface area contributed by atoms with E-state index in [4.69, 9.17) is 17.0 Å². The number of methoxy groups -OCH3 is 1. The molecule has 2 rings (SSSR count). The lowest BCUT2D eigenvalue weighted by molar-refractivity contribution is 0.417. The first kappa shape index (κ1) is 20.0. The van der Waals surface area contributed by atoms with Crippen LogP contribution in [0.15, 0.2) is 53.4 Å². The van der Waals surface area contributed by atoms with Crippen molar-refractivity contribution < 1.29 is 13.2 Å². The standard InChI is InChI=1S/C18H23N3O3S2/c1-13(2)12-19-18(25)20-14-8-10-15(11-9-14)26(22,23)21-16-6-4-5-7-17(16)24-3/h4-11,13,21H,12H2,1-3H3,(H2,19,20,25). The van der Waals surface area contributed by atoms with Crippen LogP contribution in [-0.4, -0.2) is 27.2 Å². The molecule has 8 heteroatoms. The molecule has 140 valence electrons. The Morgan fingerprint density at radius 2 is 1.77 bits per heavy atom. The van der Waals surface area contributed by atoms with Gasteiger partial charge in [0, 0.05) is 12.2 Å². The quantitative estimate of drug-likeness (QED) is 0.626. The second kappa shape index (κ2) is 8.86. The number of rotatable bonds is 7. The van der Waals surface area contributed by atoms with Gasteiger partial charge in [-0.15, -0.1) is 0 Å². The van der Waals surface area contributed by atoms with Crippen molar-refractivity contribution in [2.24, 2.45) is 5.92 Å². The Morgan fingerprint density at radius 1 is 1.12 bits per heavy atom. The highest BCUT2D eigenvalue weighted by Gasteiger charge is 2.16. The molecule has 3 N–H and O–H groups in total. The van der Waals surface area contributed by atoms with Crippen molar-refractivity contribution in [3.63, 3.8) is 0 Å². The van der Waals surface area contributed by atoms with E-state index in [1.54, 1.807) is 36.4 Å². The molecule has 0 saturated carbocycles. The van der Waals surface area contributed by atoms with E-state index in [0.717, 1.165) is 6.54 Å². The molecule has 0 atom stereocenters. The number of thiocarbonyl (C=S) groups is 1. The van der Waals surface area contributed by atoms with Gasteiger partial charge in [0.1, 0.15) is 5.75 Å². The molecule has 0 aromatic heterocycles. The average molecular weight is 394 g/mol. The smallest absolute Gasteiger partial charge is 0.262 e. The fourth-order valence-electron chi connectivity index (χ4n) is 2.12.